The first-order valence-electron chi connectivity index (χ1n) is 6.84. The number of fused-ring (bicyclic) bond motifs is 1. The minimum Gasteiger partial charge on any atom is -0.496 e. The molecule has 1 aliphatic carbocycles. The summed E-state index contributed by atoms with van der Waals surface area (Å²) < 4.78 is 6.30. The van der Waals surface area contributed by atoms with Gasteiger partial charge in [-0.1, -0.05) is 12.5 Å². The Bertz CT molecular complexity index is 647. The van der Waals surface area contributed by atoms with Crippen LogP contribution in [-0.2, 0) is 0 Å². The average Bonchev–Trinajstić information content (AvgIpc) is 2.74. The van der Waals surface area contributed by atoms with E-state index in [0.29, 0.717) is 22.2 Å². The van der Waals surface area contributed by atoms with Gasteiger partial charge in [0.1, 0.15) is 10.6 Å². The van der Waals surface area contributed by atoms with Crippen LogP contribution in [0.3, 0.4) is 0 Å². The standard InChI is InChI=1S/C15H18N2O2S/c1-19-10-6-3-7-11-12(10)13(16)14(20-11)15(18)17-8-9-4-2-5-9/h3,6-7,9H,2,4-5,8,16H2,1H3,(H,17,18). The highest BCUT2D eigenvalue weighted by molar-refractivity contribution is 7.21. The topological polar surface area (TPSA) is 64.3 Å². The molecule has 0 radical (unpaired) electrons. The van der Waals surface area contributed by atoms with E-state index in [4.69, 9.17) is 10.5 Å². The summed E-state index contributed by atoms with van der Waals surface area (Å²) in [6.45, 7) is 0.754. The molecule has 3 N–H and O–H groups in total. The number of hydrogen-bond donors (Lipinski definition) is 2. The monoisotopic (exact) mass is 290 g/mol. The van der Waals surface area contributed by atoms with Gasteiger partial charge in [0.15, 0.2) is 0 Å². The highest BCUT2D eigenvalue weighted by atomic mass is 32.1. The Morgan fingerprint density at radius 1 is 1.50 bits per heavy atom. The minimum atomic E-state index is -0.0716. The number of hydrogen-bond acceptors (Lipinski definition) is 4. The zero-order valence-corrected chi connectivity index (χ0v) is 12.3. The van der Waals surface area contributed by atoms with Gasteiger partial charge in [0.2, 0.25) is 0 Å². The molecule has 0 aliphatic heterocycles. The van der Waals surface area contributed by atoms with Gasteiger partial charge in [0.05, 0.1) is 18.2 Å². The first kappa shape index (κ1) is 13.2. The maximum Gasteiger partial charge on any atom is 0.263 e. The van der Waals surface area contributed by atoms with E-state index in [9.17, 15) is 4.79 Å². The van der Waals surface area contributed by atoms with Crippen LogP contribution in [0.15, 0.2) is 18.2 Å². The van der Waals surface area contributed by atoms with Crippen LogP contribution in [0.1, 0.15) is 28.9 Å². The van der Waals surface area contributed by atoms with Crippen LogP contribution in [0.25, 0.3) is 10.1 Å². The Morgan fingerprint density at radius 3 is 2.95 bits per heavy atom. The van der Waals surface area contributed by atoms with Crippen molar-refractivity contribution < 1.29 is 9.53 Å². The molecule has 1 amide bonds. The first-order chi connectivity index (χ1) is 9.70. The predicted octanol–water partition coefficient (Wildman–Crippen LogP) is 3.02. The number of benzene rings is 1. The van der Waals surface area contributed by atoms with Gasteiger partial charge < -0.3 is 15.8 Å². The maximum atomic E-state index is 12.3. The molecular formula is C15H18N2O2S. The van der Waals surface area contributed by atoms with Crippen molar-refractivity contribution in [3.8, 4) is 5.75 Å². The zero-order valence-electron chi connectivity index (χ0n) is 11.4. The van der Waals surface area contributed by atoms with Crippen LogP contribution in [0, 0.1) is 5.92 Å². The van der Waals surface area contributed by atoms with E-state index < -0.39 is 0 Å². The van der Waals surface area contributed by atoms with Crippen LogP contribution >= 0.6 is 11.3 Å². The van der Waals surface area contributed by atoms with Crippen molar-refractivity contribution >= 4 is 33.0 Å². The first-order valence-corrected chi connectivity index (χ1v) is 7.65. The number of rotatable bonds is 4. The van der Waals surface area contributed by atoms with E-state index in [1.54, 1.807) is 7.11 Å². The fraction of sp³-hybridized carbons (Fsp3) is 0.400. The molecule has 3 rings (SSSR count). The summed E-state index contributed by atoms with van der Waals surface area (Å²) in [7, 11) is 1.61. The molecule has 106 valence electrons. The molecule has 20 heavy (non-hydrogen) atoms. The van der Waals surface area contributed by atoms with Crippen LogP contribution < -0.4 is 15.8 Å². The summed E-state index contributed by atoms with van der Waals surface area (Å²) in [4.78, 5) is 12.8. The van der Waals surface area contributed by atoms with Gasteiger partial charge >= 0.3 is 0 Å². The number of nitrogens with two attached hydrogens (primary N) is 1. The summed E-state index contributed by atoms with van der Waals surface area (Å²) >= 11 is 1.42. The average molecular weight is 290 g/mol. The molecule has 1 heterocycles. The summed E-state index contributed by atoms with van der Waals surface area (Å²) in [6.07, 6.45) is 3.72. The number of anilines is 1. The van der Waals surface area contributed by atoms with Gasteiger partial charge in [-0.2, -0.15) is 0 Å². The highest BCUT2D eigenvalue weighted by Crippen LogP contribution is 2.39. The van der Waals surface area contributed by atoms with Crippen molar-refractivity contribution in [2.24, 2.45) is 5.92 Å². The fourth-order valence-electron chi connectivity index (χ4n) is 2.49. The van der Waals surface area contributed by atoms with Crippen molar-refractivity contribution in [2.45, 2.75) is 19.3 Å². The second-order valence-corrected chi connectivity index (χ2v) is 6.24. The summed E-state index contributed by atoms with van der Waals surface area (Å²) in [5, 5.41) is 3.83. The molecule has 0 spiro atoms. The van der Waals surface area contributed by atoms with Crippen molar-refractivity contribution in [1.82, 2.24) is 5.32 Å². The number of amides is 1. The predicted molar refractivity (Wildman–Crippen MR) is 82.5 cm³/mol. The molecule has 1 aliphatic rings. The molecule has 1 fully saturated rings. The third kappa shape index (κ3) is 2.22. The van der Waals surface area contributed by atoms with Crippen molar-refractivity contribution in [2.75, 3.05) is 19.4 Å². The van der Waals surface area contributed by atoms with E-state index in [0.717, 1.165) is 16.6 Å². The van der Waals surface area contributed by atoms with Crippen LogP contribution in [0.4, 0.5) is 5.69 Å². The number of carbonyl (C=O) groups is 1. The van der Waals surface area contributed by atoms with E-state index in [1.165, 1.54) is 30.6 Å². The normalized spacial score (nSPS) is 15.1. The Hall–Kier alpha value is -1.75. The third-order valence-electron chi connectivity index (χ3n) is 3.92. The molecular weight excluding hydrogens is 272 g/mol. The van der Waals surface area contributed by atoms with E-state index in [-0.39, 0.29) is 5.91 Å². The number of thiophene rings is 1. The quantitative estimate of drug-likeness (QED) is 0.909. The Labute approximate surface area is 121 Å². The van der Waals surface area contributed by atoms with Crippen molar-refractivity contribution in [3.63, 3.8) is 0 Å². The van der Waals surface area contributed by atoms with Crippen molar-refractivity contribution in [3.05, 3.63) is 23.1 Å². The van der Waals surface area contributed by atoms with Crippen molar-refractivity contribution in [1.29, 1.82) is 0 Å². The number of ether oxygens (including phenoxy) is 1. The van der Waals surface area contributed by atoms with E-state index >= 15 is 0 Å². The Kier molecular flexibility index (Phi) is 3.53. The molecule has 4 nitrogen and oxygen atoms in total. The highest BCUT2D eigenvalue weighted by Gasteiger charge is 2.21. The Balaban J connectivity index is 1.87. The number of carbonyl (C=O) groups excluding carboxylic acids is 1. The molecule has 0 bridgehead atoms. The van der Waals surface area contributed by atoms with E-state index in [2.05, 4.69) is 5.32 Å². The second-order valence-electron chi connectivity index (χ2n) is 5.19. The lowest BCUT2D eigenvalue weighted by atomic mass is 9.85. The number of methoxy groups -OCH3 is 1. The zero-order chi connectivity index (χ0) is 14.1. The lowest BCUT2D eigenvalue weighted by Gasteiger charge is -2.25. The van der Waals surface area contributed by atoms with Crippen LogP contribution in [-0.4, -0.2) is 19.6 Å². The molecule has 0 unspecified atom stereocenters. The van der Waals surface area contributed by atoms with Gasteiger partial charge in [0, 0.05) is 11.2 Å². The SMILES string of the molecule is COc1cccc2sc(C(=O)NCC3CCC3)c(N)c12. The minimum absolute atomic E-state index is 0.0716. The van der Waals surface area contributed by atoms with Gasteiger partial charge in [-0.3, -0.25) is 4.79 Å². The van der Waals surface area contributed by atoms with Gasteiger partial charge in [-0.15, -0.1) is 11.3 Å². The van der Waals surface area contributed by atoms with Gasteiger partial charge in [0.25, 0.3) is 5.91 Å². The smallest absolute Gasteiger partial charge is 0.263 e. The fourth-order valence-corrected chi connectivity index (χ4v) is 3.55. The largest absolute Gasteiger partial charge is 0.496 e. The lowest BCUT2D eigenvalue weighted by molar-refractivity contribution is 0.0944. The molecule has 1 aromatic carbocycles. The molecule has 1 aromatic heterocycles. The maximum absolute atomic E-state index is 12.3. The summed E-state index contributed by atoms with van der Waals surface area (Å²) in [6, 6.07) is 5.73. The van der Waals surface area contributed by atoms with E-state index in [1.807, 2.05) is 18.2 Å². The molecule has 0 saturated heterocycles. The molecule has 5 heteroatoms. The third-order valence-corrected chi connectivity index (χ3v) is 5.09. The summed E-state index contributed by atoms with van der Waals surface area (Å²) in [5.74, 6) is 1.29. The van der Waals surface area contributed by atoms with Crippen LogP contribution in [0.2, 0.25) is 0 Å². The molecule has 1 saturated carbocycles. The van der Waals surface area contributed by atoms with Gasteiger partial charge in [-0.05, 0) is 30.9 Å². The number of nitrogens with one attached hydrogen (secondary N) is 1. The summed E-state index contributed by atoms with van der Waals surface area (Å²) in [5.41, 5.74) is 6.66. The van der Waals surface area contributed by atoms with Crippen LogP contribution in [0.5, 0.6) is 5.75 Å². The molecule has 0 atom stereocenters. The second kappa shape index (κ2) is 5.32. The lowest BCUT2D eigenvalue weighted by Crippen LogP contribution is -2.32. The molecule has 2 aromatic rings. The number of nitrogen functional groups attached to an aromatic ring is 1. The van der Waals surface area contributed by atoms with Gasteiger partial charge in [-0.25, -0.2) is 0 Å². The Morgan fingerprint density at radius 2 is 2.30 bits per heavy atom.